The number of benzene rings is 2. The Kier molecular flexibility index (Phi) is 4.68. The van der Waals surface area contributed by atoms with E-state index in [1.54, 1.807) is 23.9 Å². The van der Waals surface area contributed by atoms with Gasteiger partial charge in [-0.15, -0.1) is 15.3 Å². The van der Waals surface area contributed by atoms with Crippen LogP contribution in [0.25, 0.3) is 28.6 Å². The van der Waals surface area contributed by atoms with E-state index in [1.807, 2.05) is 61.5 Å². The summed E-state index contributed by atoms with van der Waals surface area (Å²) in [6, 6.07) is 19.1. The average Bonchev–Trinajstić information content (AvgIpc) is 3.26. The maximum absolute atomic E-state index is 5.19. The lowest BCUT2D eigenvalue weighted by Crippen LogP contribution is -2.05. The fourth-order valence-corrected chi connectivity index (χ4v) is 3.16. The topological polar surface area (TPSA) is 103 Å². The van der Waals surface area contributed by atoms with Crippen LogP contribution in [0.15, 0.2) is 66.9 Å². The van der Waals surface area contributed by atoms with E-state index in [2.05, 4.69) is 35.6 Å². The van der Waals surface area contributed by atoms with Crippen LogP contribution in [-0.4, -0.2) is 41.9 Å². The van der Waals surface area contributed by atoms with Crippen LogP contribution in [0.2, 0.25) is 0 Å². The van der Waals surface area contributed by atoms with Crippen LogP contribution in [0.4, 0.5) is 11.6 Å². The first-order valence-corrected chi connectivity index (χ1v) is 9.61. The van der Waals surface area contributed by atoms with Crippen molar-refractivity contribution in [3.63, 3.8) is 0 Å². The number of aryl methyl sites for hydroxylation is 1. The normalized spacial score (nSPS) is 10.9. The van der Waals surface area contributed by atoms with Crippen LogP contribution in [-0.2, 0) is 0 Å². The van der Waals surface area contributed by atoms with Gasteiger partial charge in [-0.2, -0.15) is 9.50 Å². The molecule has 1 N–H and O–H groups in total. The van der Waals surface area contributed by atoms with Crippen molar-refractivity contribution in [2.75, 3.05) is 12.4 Å². The number of anilines is 2. The molecule has 0 bridgehead atoms. The highest BCUT2D eigenvalue weighted by Crippen LogP contribution is 2.23. The van der Waals surface area contributed by atoms with Gasteiger partial charge in [0.1, 0.15) is 11.4 Å². The first-order chi connectivity index (χ1) is 15.2. The van der Waals surface area contributed by atoms with Crippen LogP contribution in [0.5, 0.6) is 5.75 Å². The van der Waals surface area contributed by atoms with Gasteiger partial charge in [-0.1, -0.05) is 30.3 Å². The van der Waals surface area contributed by atoms with E-state index in [-0.39, 0.29) is 0 Å². The smallest absolute Gasteiger partial charge is 0.272 e. The number of rotatable bonds is 5. The maximum Gasteiger partial charge on any atom is 0.272 e. The summed E-state index contributed by atoms with van der Waals surface area (Å²) in [5.41, 5.74) is 3.79. The number of methoxy groups -OCH3 is 1. The highest BCUT2D eigenvalue weighted by molar-refractivity contribution is 5.62. The molecule has 9 heteroatoms. The third kappa shape index (κ3) is 3.64. The van der Waals surface area contributed by atoms with Gasteiger partial charge in [-0.3, -0.25) is 0 Å². The number of ether oxygens (including phenoxy) is 1. The third-order valence-electron chi connectivity index (χ3n) is 4.77. The van der Waals surface area contributed by atoms with Crippen LogP contribution < -0.4 is 10.1 Å². The Morgan fingerprint density at radius 1 is 0.903 bits per heavy atom. The van der Waals surface area contributed by atoms with Crippen molar-refractivity contribution in [3.05, 3.63) is 72.6 Å². The molecule has 0 aliphatic rings. The summed E-state index contributed by atoms with van der Waals surface area (Å²) in [4.78, 5) is 13.4. The Balaban J connectivity index is 1.48. The Morgan fingerprint density at radius 2 is 1.71 bits per heavy atom. The van der Waals surface area contributed by atoms with E-state index in [9.17, 15) is 0 Å². The summed E-state index contributed by atoms with van der Waals surface area (Å²) in [7, 11) is 1.63. The second kappa shape index (κ2) is 7.79. The predicted octanol–water partition coefficient (Wildman–Crippen LogP) is 3.70. The molecule has 0 spiro atoms. The summed E-state index contributed by atoms with van der Waals surface area (Å²) < 4.78 is 6.87. The number of hydrogen-bond donors (Lipinski definition) is 1. The fourth-order valence-electron chi connectivity index (χ4n) is 3.16. The number of fused-ring (bicyclic) bond motifs is 1. The van der Waals surface area contributed by atoms with Gasteiger partial charge in [0.05, 0.1) is 18.5 Å². The molecule has 5 rings (SSSR count). The molecule has 0 radical (unpaired) electrons. The van der Waals surface area contributed by atoms with Crippen molar-refractivity contribution >= 4 is 17.4 Å². The molecule has 0 saturated carbocycles. The highest BCUT2D eigenvalue weighted by Gasteiger charge is 2.15. The lowest BCUT2D eigenvalue weighted by molar-refractivity contribution is 0.415. The largest absolute Gasteiger partial charge is 0.497 e. The molecule has 0 aliphatic heterocycles. The van der Waals surface area contributed by atoms with E-state index in [4.69, 9.17) is 4.74 Å². The Morgan fingerprint density at radius 3 is 2.48 bits per heavy atom. The summed E-state index contributed by atoms with van der Waals surface area (Å²) >= 11 is 0. The summed E-state index contributed by atoms with van der Waals surface area (Å²) in [6.45, 7) is 1.92. The van der Waals surface area contributed by atoms with Gasteiger partial charge in [0.25, 0.3) is 5.78 Å². The average molecular weight is 410 g/mol. The Bertz CT molecular complexity index is 1350. The monoisotopic (exact) mass is 410 g/mol. The van der Waals surface area contributed by atoms with Crippen molar-refractivity contribution in [2.45, 2.75) is 6.92 Å². The summed E-state index contributed by atoms with van der Waals surface area (Å²) in [5.74, 6) is 2.26. The Hall–Kier alpha value is -4.40. The highest BCUT2D eigenvalue weighted by atomic mass is 16.5. The number of nitrogens with one attached hydrogen (secondary N) is 1. The van der Waals surface area contributed by atoms with Gasteiger partial charge < -0.3 is 10.1 Å². The maximum atomic E-state index is 5.19. The molecule has 0 unspecified atom stereocenters. The van der Waals surface area contributed by atoms with E-state index in [1.165, 1.54) is 0 Å². The van der Waals surface area contributed by atoms with Gasteiger partial charge in [0, 0.05) is 17.4 Å². The molecule has 2 aromatic carbocycles. The quantitative estimate of drug-likeness (QED) is 0.468. The van der Waals surface area contributed by atoms with Crippen molar-refractivity contribution < 1.29 is 4.74 Å². The fraction of sp³-hybridized carbons (Fsp3) is 0.0909. The standard InChI is InChI=1S/C22H18N8O/c1-14-19(27-28-22-26-20(29-30(14)22)15-6-4-3-5-7-15)18-12-13-23-21(25-18)24-16-8-10-17(31-2)11-9-16/h3-13H,1-2H3,(H,23,24,25). The van der Waals surface area contributed by atoms with Gasteiger partial charge >= 0.3 is 0 Å². The molecule has 31 heavy (non-hydrogen) atoms. The van der Waals surface area contributed by atoms with Crippen molar-refractivity contribution in [3.8, 4) is 28.5 Å². The molecular weight excluding hydrogens is 392 g/mol. The van der Waals surface area contributed by atoms with Crippen LogP contribution >= 0.6 is 0 Å². The third-order valence-corrected chi connectivity index (χ3v) is 4.77. The van der Waals surface area contributed by atoms with E-state index in [0.717, 1.165) is 22.7 Å². The minimum Gasteiger partial charge on any atom is -0.497 e. The van der Waals surface area contributed by atoms with Crippen molar-refractivity contribution in [1.82, 2.24) is 34.8 Å². The second-order valence-electron chi connectivity index (χ2n) is 6.77. The number of hydrogen-bond acceptors (Lipinski definition) is 8. The van der Waals surface area contributed by atoms with E-state index >= 15 is 0 Å². The van der Waals surface area contributed by atoms with Gasteiger partial charge in [-0.05, 0) is 37.3 Å². The van der Waals surface area contributed by atoms with Gasteiger partial charge in [0.15, 0.2) is 5.82 Å². The molecular formula is C22H18N8O. The minimum atomic E-state index is 0.436. The summed E-state index contributed by atoms with van der Waals surface area (Å²) in [5, 5.41) is 16.4. The minimum absolute atomic E-state index is 0.436. The number of nitrogens with zero attached hydrogens (tertiary/aromatic N) is 7. The predicted molar refractivity (Wildman–Crippen MR) is 116 cm³/mol. The molecule has 0 atom stereocenters. The number of aromatic nitrogens is 7. The molecule has 0 saturated heterocycles. The van der Waals surface area contributed by atoms with Crippen LogP contribution in [0, 0.1) is 6.92 Å². The molecule has 3 heterocycles. The zero-order chi connectivity index (χ0) is 21.2. The van der Waals surface area contributed by atoms with Crippen LogP contribution in [0.1, 0.15) is 5.69 Å². The molecule has 0 aliphatic carbocycles. The molecule has 9 nitrogen and oxygen atoms in total. The SMILES string of the molecule is COc1ccc(Nc2nccc(-c3nnc4nc(-c5ccccc5)nn4c3C)n2)cc1. The lowest BCUT2D eigenvalue weighted by atomic mass is 10.2. The zero-order valence-corrected chi connectivity index (χ0v) is 16.9. The lowest BCUT2D eigenvalue weighted by Gasteiger charge is -2.08. The molecule has 3 aromatic heterocycles. The Labute approximate surface area is 177 Å². The summed E-state index contributed by atoms with van der Waals surface area (Å²) in [6.07, 6.45) is 1.68. The van der Waals surface area contributed by atoms with Crippen molar-refractivity contribution in [1.29, 1.82) is 0 Å². The second-order valence-corrected chi connectivity index (χ2v) is 6.77. The molecule has 0 fully saturated rings. The van der Waals surface area contributed by atoms with Gasteiger partial charge in [-0.25, -0.2) is 9.97 Å². The van der Waals surface area contributed by atoms with E-state index in [0.29, 0.717) is 28.9 Å². The molecule has 152 valence electrons. The van der Waals surface area contributed by atoms with Crippen LogP contribution in [0.3, 0.4) is 0 Å². The zero-order valence-electron chi connectivity index (χ0n) is 16.9. The first kappa shape index (κ1) is 18.6. The first-order valence-electron chi connectivity index (χ1n) is 9.61. The molecule has 0 amide bonds. The molecule has 5 aromatic rings. The van der Waals surface area contributed by atoms with E-state index < -0.39 is 0 Å². The van der Waals surface area contributed by atoms with Gasteiger partial charge in [0.2, 0.25) is 5.95 Å². The van der Waals surface area contributed by atoms with Crippen molar-refractivity contribution in [2.24, 2.45) is 0 Å².